The van der Waals surface area contributed by atoms with Crippen molar-refractivity contribution in [3.8, 4) is 5.75 Å². The summed E-state index contributed by atoms with van der Waals surface area (Å²) in [6.07, 6.45) is 4.00. The molecule has 0 atom stereocenters. The Morgan fingerprint density at radius 2 is 1.93 bits per heavy atom. The number of carbonyl (C=O) groups excluding carboxylic acids is 2. The lowest BCUT2D eigenvalue weighted by molar-refractivity contribution is 0.0800. The van der Waals surface area contributed by atoms with E-state index in [1.807, 2.05) is 30.3 Å². The topological polar surface area (TPSA) is 91.8 Å². The highest BCUT2D eigenvalue weighted by atomic mass is 16.6. The third-order valence-corrected chi connectivity index (χ3v) is 4.67. The third-order valence-electron chi connectivity index (χ3n) is 4.67. The highest BCUT2D eigenvalue weighted by molar-refractivity contribution is 5.96. The van der Waals surface area contributed by atoms with E-state index in [-0.39, 0.29) is 35.8 Å². The van der Waals surface area contributed by atoms with Crippen molar-refractivity contribution >= 4 is 12.0 Å². The van der Waals surface area contributed by atoms with E-state index in [2.05, 4.69) is 10.3 Å². The van der Waals surface area contributed by atoms with E-state index in [1.54, 1.807) is 4.90 Å². The number of carbonyl (C=O) groups is 2. The van der Waals surface area contributed by atoms with Gasteiger partial charge in [-0.1, -0.05) is 30.3 Å². The Hall–Kier alpha value is -3.09. The lowest BCUT2D eigenvalue weighted by atomic mass is 9.97. The number of nitrogens with zero attached hydrogens (tertiary/aromatic N) is 2. The molecule has 2 aromatic rings. The number of nitrogens with one attached hydrogen (secondary N) is 1. The standard InChI is InChI=1S/C20H23N3O4/c24-18-13-21-9-6-17(18)19(25)22-12-15-7-10-23(11-8-15)20(26)27-14-16-4-2-1-3-5-16/h1-6,9,13,15,24H,7-8,10-12,14H2,(H,22,25). The number of hydrogen-bond acceptors (Lipinski definition) is 5. The van der Waals surface area contributed by atoms with Gasteiger partial charge in [0.05, 0.1) is 11.8 Å². The smallest absolute Gasteiger partial charge is 0.410 e. The van der Waals surface area contributed by atoms with Crippen LogP contribution in [0.4, 0.5) is 4.79 Å². The first kappa shape index (κ1) is 18.7. The maximum atomic E-state index is 12.2. The van der Waals surface area contributed by atoms with Crippen LogP contribution >= 0.6 is 0 Å². The molecule has 1 saturated heterocycles. The highest BCUT2D eigenvalue weighted by Crippen LogP contribution is 2.19. The Morgan fingerprint density at radius 3 is 2.63 bits per heavy atom. The predicted molar refractivity (Wildman–Crippen MR) is 99.2 cm³/mol. The van der Waals surface area contributed by atoms with Crippen LogP contribution < -0.4 is 5.32 Å². The lowest BCUT2D eigenvalue weighted by Crippen LogP contribution is -2.41. The van der Waals surface area contributed by atoms with Gasteiger partial charge < -0.3 is 20.1 Å². The van der Waals surface area contributed by atoms with Crippen LogP contribution in [-0.2, 0) is 11.3 Å². The van der Waals surface area contributed by atoms with Crippen LogP contribution in [0.15, 0.2) is 48.8 Å². The van der Waals surface area contributed by atoms with E-state index < -0.39 is 0 Å². The largest absolute Gasteiger partial charge is 0.505 e. The Labute approximate surface area is 158 Å². The van der Waals surface area contributed by atoms with Crippen molar-refractivity contribution in [1.29, 1.82) is 0 Å². The normalized spacial score (nSPS) is 14.6. The van der Waals surface area contributed by atoms with Crippen molar-refractivity contribution in [2.45, 2.75) is 19.4 Å². The number of piperidine rings is 1. The van der Waals surface area contributed by atoms with Crippen LogP contribution in [0.25, 0.3) is 0 Å². The molecule has 1 aliphatic heterocycles. The molecule has 7 heteroatoms. The van der Waals surface area contributed by atoms with Crippen LogP contribution in [0.5, 0.6) is 5.75 Å². The number of aromatic hydroxyl groups is 1. The van der Waals surface area contributed by atoms with Gasteiger partial charge in [0.1, 0.15) is 12.4 Å². The number of pyridine rings is 1. The summed E-state index contributed by atoms with van der Waals surface area (Å²) in [5.41, 5.74) is 1.18. The molecule has 1 aliphatic rings. The van der Waals surface area contributed by atoms with Gasteiger partial charge in [-0.2, -0.15) is 0 Å². The van der Waals surface area contributed by atoms with Gasteiger partial charge in [0.15, 0.2) is 0 Å². The minimum Gasteiger partial charge on any atom is -0.505 e. The van der Waals surface area contributed by atoms with Crippen molar-refractivity contribution in [3.05, 3.63) is 59.9 Å². The molecule has 3 rings (SSSR count). The van der Waals surface area contributed by atoms with E-state index in [0.717, 1.165) is 18.4 Å². The Balaban J connectivity index is 1.39. The third kappa shape index (κ3) is 5.20. The molecular weight excluding hydrogens is 346 g/mol. The zero-order chi connectivity index (χ0) is 19.1. The number of rotatable bonds is 5. The number of hydrogen-bond donors (Lipinski definition) is 2. The van der Waals surface area contributed by atoms with Crippen molar-refractivity contribution in [2.24, 2.45) is 5.92 Å². The van der Waals surface area contributed by atoms with E-state index in [1.165, 1.54) is 18.5 Å². The Kier molecular flexibility index (Phi) is 6.25. The highest BCUT2D eigenvalue weighted by Gasteiger charge is 2.24. The summed E-state index contributed by atoms with van der Waals surface area (Å²) in [6.45, 7) is 1.99. The summed E-state index contributed by atoms with van der Waals surface area (Å²) in [6, 6.07) is 11.1. The summed E-state index contributed by atoms with van der Waals surface area (Å²) < 4.78 is 5.36. The molecular formula is C20H23N3O4. The molecule has 0 spiro atoms. The molecule has 2 N–H and O–H groups in total. The molecule has 0 bridgehead atoms. The SMILES string of the molecule is O=C(NCC1CCN(C(=O)OCc2ccccc2)CC1)c1ccncc1O. The molecule has 2 heterocycles. The molecule has 0 radical (unpaired) electrons. The first-order valence-electron chi connectivity index (χ1n) is 9.00. The molecule has 1 aromatic carbocycles. The maximum absolute atomic E-state index is 12.2. The van der Waals surface area contributed by atoms with Gasteiger partial charge in [-0.05, 0) is 30.4 Å². The van der Waals surface area contributed by atoms with Crippen LogP contribution in [0.1, 0.15) is 28.8 Å². The fourth-order valence-electron chi connectivity index (χ4n) is 3.04. The number of likely N-dealkylation sites (tertiary alicyclic amines) is 1. The molecule has 0 unspecified atom stereocenters. The first-order chi connectivity index (χ1) is 13.1. The van der Waals surface area contributed by atoms with Crippen molar-refractivity contribution in [2.75, 3.05) is 19.6 Å². The fourth-order valence-corrected chi connectivity index (χ4v) is 3.04. The van der Waals surface area contributed by atoms with E-state index in [0.29, 0.717) is 19.6 Å². The van der Waals surface area contributed by atoms with Gasteiger partial charge in [-0.3, -0.25) is 9.78 Å². The molecule has 2 amide bonds. The number of aromatic nitrogens is 1. The number of benzene rings is 1. The quantitative estimate of drug-likeness (QED) is 0.845. The van der Waals surface area contributed by atoms with Gasteiger partial charge in [0, 0.05) is 25.8 Å². The van der Waals surface area contributed by atoms with Gasteiger partial charge in [0.2, 0.25) is 0 Å². The molecule has 0 saturated carbocycles. The molecule has 0 aliphatic carbocycles. The first-order valence-corrected chi connectivity index (χ1v) is 9.00. The van der Waals surface area contributed by atoms with Crippen LogP contribution in [0.2, 0.25) is 0 Å². The zero-order valence-electron chi connectivity index (χ0n) is 15.0. The summed E-state index contributed by atoms with van der Waals surface area (Å²) >= 11 is 0. The summed E-state index contributed by atoms with van der Waals surface area (Å²) in [4.78, 5) is 29.7. The zero-order valence-corrected chi connectivity index (χ0v) is 15.0. The van der Waals surface area contributed by atoms with Crippen molar-refractivity contribution in [3.63, 3.8) is 0 Å². The molecule has 1 aromatic heterocycles. The average molecular weight is 369 g/mol. The molecule has 27 heavy (non-hydrogen) atoms. The maximum Gasteiger partial charge on any atom is 0.410 e. The van der Waals surface area contributed by atoms with Gasteiger partial charge in [0.25, 0.3) is 5.91 Å². The van der Waals surface area contributed by atoms with Crippen molar-refractivity contribution < 1.29 is 19.4 Å². The molecule has 142 valence electrons. The lowest BCUT2D eigenvalue weighted by Gasteiger charge is -2.31. The fraction of sp³-hybridized carbons (Fsp3) is 0.350. The van der Waals surface area contributed by atoms with Crippen molar-refractivity contribution in [1.82, 2.24) is 15.2 Å². The van der Waals surface area contributed by atoms with E-state index >= 15 is 0 Å². The minimum atomic E-state index is -0.320. The van der Waals surface area contributed by atoms with E-state index in [4.69, 9.17) is 4.74 Å². The van der Waals surface area contributed by atoms with Gasteiger partial charge in [-0.15, -0.1) is 0 Å². The number of ether oxygens (including phenoxy) is 1. The Morgan fingerprint density at radius 1 is 1.19 bits per heavy atom. The molecule has 1 fully saturated rings. The molecule has 7 nitrogen and oxygen atoms in total. The van der Waals surface area contributed by atoms with Crippen LogP contribution in [-0.4, -0.2) is 46.6 Å². The van der Waals surface area contributed by atoms with Gasteiger partial charge in [-0.25, -0.2) is 4.79 Å². The summed E-state index contributed by atoms with van der Waals surface area (Å²) in [7, 11) is 0. The predicted octanol–water partition coefficient (Wildman–Crippen LogP) is 2.57. The van der Waals surface area contributed by atoms with Crippen LogP contribution in [0.3, 0.4) is 0 Å². The second-order valence-electron chi connectivity index (χ2n) is 6.57. The average Bonchev–Trinajstić information content (AvgIpc) is 2.72. The number of amides is 2. The Bertz CT molecular complexity index is 774. The van der Waals surface area contributed by atoms with E-state index in [9.17, 15) is 14.7 Å². The summed E-state index contributed by atoms with van der Waals surface area (Å²) in [5.74, 6) is -0.165. The second-order valence-corrected chi connectivity index (χ2v) is 6.57. The van der Waals surface area contributed by atoms with Crippen LogP contribution in [0, 0.1) is 5.92 Å². The second kappa shape index (κ2) is 9.02. The summed E-state index contributed by atoms with van der Waals surface area (Å²) in [5, 5.41) is 12.5. The minimum absolute atomic E-state index is 0.133. The monoisotopic (exact) mass is 369 g/mol. The van der Waals surface area contributed by atoms with Gasteiger partial charge >= 0.3 is 6.09 Å².